The van der Waals surface area contributed by atoms with Crippen molar-refractivity contribution >= 4 is 53.3 Å². The number of nitrogens with one attached hydrogen (secondary N) is 3. The van der Waals surface area contributed by atoms with Gasteiger partial charge in [0.05, 0.1) is 123 Å². The largest absolute Gasteiger partial charge is 0.480 e. The molecule has 2 aromatic rings. The minimum Gasteiger partial charge on any atom is -0.480 e. The number of ether oxygens (including phenoxy) is 8. The normalized spacial score (nSPS) is 19.3. The van der Waals surface area contributed by atoms with Gasteiger partial charge in [0.2, 0.25) is 35.1 Å². The number of guanidine groups is 2. The number of aliphatic imine (C=N–C) groups is 2. The number of rotatable bonds is 42. The summed E-state index contributed by atoms with van der Waals surface area (Å²) in [6.07, 6.45) is 0.376. The lowest BCUT2D eigenvalue weighted by Crippen LogP contribution is -2.60. The van der Waals surface area contributed by atoms with E-state index in [1.54, 1.807) is 0 Å². The smallest absolute Gasteiger partial charge is 0.370 e. The number of Topliss-reactive ketones (excluding diaryl/α,β-unsaturated/α-hetero) is 1. The van der Waals surface area contributed by atoms with Gasteiger partial charge < -0.3 is 117 Å². The van der Waals surface area contributed by atoms with Crippen LogP contribution in [0.15, 0.2) is 46.0 Å². The number of carbonyl (C=O) groups is 7. The molecule has 4 heterocycles. The number of aromatic nitrogens is 6. The molecular weight excluding hydrogens is 1170 g/mol. The third-order valence-corrected chi connectivity index (χ3v) is 12.6. The van der Waals surface area contributed by atoms with E-state index in [9.17, 15) is 64.2 Å². The number of hydrogen-bond acceptors (Lipinski definition) is 25. The zero-order valence-electron chi connectivity index (χ0n) is 48.4. The van der Waals surface area contributed by atoms with Crippen molar-refractivity contribution in [3.63, 3.8) is 0 Å². The van der Waals surface area contributed by atoms with E-state index in [1.807, 2.05) is 0 Å². The number of nitrogens with zero attached hydrogens (tertiary/aromatic N) is 9. The maximum atomic E-state index is 13.8. The molecule has 0 saturated heterocycles. The van der Waals surface area contributed by atoms with Gasteiger partial charge in [0, 0.05) is 32.4 Å². The molecule has 4 amide bonds. The molecule has 2 aliphatic heterocycles. The fourth-order valence-electron chi connectivity index (χ4n) is 8.75. The summed E-state index contributed by atoms with van der Waals surface area (Å²) in [5, 5.41) is 85.2. The lowest BCUT2D eigenvalue weighted by molar-refractivity contribution is -0.162. The van der Waals surface area contributed by atoms with Crippen molar-refractivity contribution in [2.24, 2.45) is 38.8 Å². The van der Waals surface area contributed by atoms with E-state index in [0.717, 1.165) is 19.1 Å². The van der Waals surface area contributed by atoms with Crippen molar-refractivity contribution in [1.82, 2.24) is 50.8 Å². The number of amides is 4. The van der Waals surface area contributed by atoms with Crippen LogP contribution in [0.25, 0.3) is 0 Å². The molecule has 2 aliphatic rings. The zero-order valence-corrected chi connectivity index (χ0v) is 48.4. The van der Waals surface area contributed by atoms with Crippen LogP contribution in [-0.2, 0) is 97.6 Å². The first-order chi connectivity index (χ1) is 42.0. The third-order valence-electron chi connectivity index (χ3n) is 12.6. The average Bonchev–Trinajstić information content (AvgIpc) is 1.41. The highest BCUT2D eigenvalue weighted by Gasteiger charge is 2.47. The topological polar surface area (TPSA) is 544 Å². The Balaban J connectivity index is 1.37. The van der Waals surface area contributed by atoms with Gasteiger partial charge in [-0.2, -0.15) is 0 Å². The SMILES string of the molecule is C#CCOCCOCCOCCOCCC(=O)N(Cc1cn(CCNC(=O)CO[C@@H]([C@@H]2OC(C(=O)O)=C[C@H](N=C(N)N)[C@H]2CC(C)=O)[C@H](O)CO)nn1)Cc1cn(CCNC(=O)CO[C@@H]([C@@H]2OC(C(=O)O)=C[C@H](N=C(N)N)[C@H]2NC(C)=O)[C@H](O)CO)nn1. The fourth-order valence-corrected chi connectivity index (χ4v) is 8.75. The molecular formula is C51H78N16O21. The molecule has 17 N–H and O–H groups in total. The summed E-state index contributed by atoms with van der Waals surface area (Å²) in [6.45, 7) is 0.841. The highest BCUT2D eigenvalue weighted by Crippen LogP contribution is 2.33. The molecule has 2 aromatic heterocycles. The van der Waals surface area contributed by atoms with Gasteiger partial charge in [-0.3, -0.25) is 28.5 Å². The van der Waals surface area contributed by atoms with E-state index in [0.29, 0.717) is 37.8 Å². The highest BCUT2D eigenvalue weighted by atomic mass is 16.6. The maximum Gasteiger partial charge on any atom is 0.370 e. The molecule has 37 heteroatoms. The first-order valence-corrected chi connectivity index (χ1v) is 27.4. The zero-order chi connectivity index (χ0) is 64.7. The summed E-state index contributed by atoms with van der Waals surface area (Å²) in [4.78, 5) is 97.8. The molecule has 4 rings (SSSR count). The van der Waals surface area contributed by atoms with Crippen LogP contribution in [0.4, 0.5) is 0 Å². The first-order valence-electron chi connectivity index (χ1n) is 27.4. The van der Waals surface area contributed by atoms with Crippen molar-refractivity contribution in [2.45, 2.75) is 108 Å². The number of carboxylic acids is 2. The Kier molecular flexibility index (Phi) is 31.1. The van der Waals surface area contributed by atoms with Crippen LogP contribution in [0, 0.1) is 18.3 Å². The predicted octanol–water partition coefficient (Wildman–Crippen LogP) is -7.68. The van der Waals surface area contributed by atoms with Gasteiger partial charge in [0.25, 0.3) is 0 Å². The van der Waals surface area contributed by atoms with Gasteiger partial charge in [0.15, 0.2) is 18.0 Å². The molecule has 0 aliphatic carbocycles. The Hall–Kier alpha value is -8.45. The molecule has 488 valence electrons. The monoisotopic (exact) mass is 1250 g/mol. The number of carboxylic acid groups (broad SMARTS) is 2. The Bertz CT molecular complexity index is 2610. The second kappa shape index (κ2) is 38.0. The van der Waals surface area contributed by atoms with Crippen LogP contribution >= 0.6 is 0 Å². The number of aliphatic carboxylic acids is 2. The number of aliphatic hydroxyl groups is 4. The Morgan fingerprint density at radius 3 is 1.61 bits per heavy atom. The van der Waals surface area contributed by atoms with Crippen molar-refractivity contribution < 1.29 is 102 Å². The van der Waals surface area contributed by atoms with Gasteiger partial charge in [-0.25, -0.2) is 19.6 Å². The number of carbonyl (C=O) groups excluding carboxylic acids is 5. The number of hydrogen-bond donors (Lipinski definition) is 13. The standard InChI is InChI=1S/C51H78N16O21/c1-4-10-81-12-14-83-16-17-84-15-13-82-11-5-42(76)65(21-31-23-66(63-61-31)8-6-56-40(74)27-85-45(36(72)25-68)44-33(18-29(2)70)34(59-50(52)53)19-38(87-44)48(77)78)22-32-24-67(64-62-32)9-7-57-41(75)28-86-46(37(73)26-69)47-43(58-30(3)71)35(60-51(54)55)20-39(88-47)49(79)80/h1,19-20,23-24,33-37,43-47,68-69,72-73H,5-18,21-22,25-28H2,2-3H3,(H,56,74)(H,57,75)(H,58,71)(H,77,78)(H,79,80)(H4,52,53,59)(H4,54,55,60)/t33-,34+,35+,36-,37-,43-,44-,45-,46-,47-/m1/s1. The summed E-state index contributed by atoms with van der Waals surface area (Å²) < 4.78 is 47.1. The van der Waals surface area contributed by atoms with Crippen LogP contribution in [0.3, 0.4) is 0 Å². The fraction of sp³-hybridized carbons (Fsp3) is 0.627. The first kappa shape index (κ1) is 72.0. The highest BCUT2D eigenvalue weighted by molar-refractivity contribution is 5.86. The van der Waals surface area contributed by atoms with E-state index in [-0.39, 0.29) is 90.2 Å². The molecule has 37 nitrogen and oxygen atoms in total. The van der Waals surface area contributed by atoms with Crippen LogP contribution < -0.4 is 38.9 Å². The van der Waals surface area contributed by atoms with E-state index in [1.165, 1.54) is 33.6 Å². The summed E-state index contributed by atoms with van der Waals surface area (Å²) in [7, 11) is 0. The maximum absolute atomic E-state index is 13.8. The van der Waals surface area contributed by atoms with Crippen molar-refractivity contribution in [2.75, 3.05) is 92.4 Å². The van der Waals surface area contributed by atoms with Crippen molar-refractivity contribution in [1.29, 1.82) is 0 Å². The van der Waals surface area contributed by atoms with Crippen LogP contribution in [0.5, 0.6) is 0 Å². The predicted molar refractivity (Wildman–Crippen MR) is 299 cm³/mol. The average molecular weight is 1250 g/mol. The lowest BCUT2D eigenvalue weighted by atomic mass is 9.82. The van der Waals surface area contributed by atoms with E-state index in [4.69, 9.17) is 67.3 Å². The van der Waals surface area contributed by atoms with Crippen molar-refractivity contribution in [3.8, 4) is 12.3 Å². The number of nitrogens with two attached hydrogens (primary N) is 4. The van der Waals surface area contributed by atoms with E-state index in [2.05, 4.69) is 52.5 Å². The van der Waals surface area contributed by atoms with Gasteiger partial charge in [-0.05, 0) is 19.1 Å². The Morgan fingerprint density at radius 2 is 1.16 bits per heavy atom. The molecule has 0 saturated carbocycles. The summed E-state index contributed by atoms with van der Waals surface area (Å²) in [6, 6.07) is -3.58. The third kappa shape index (κ3) is 25.1. The summed E-state index contributed by atoms with van der Waals surface area (Å²) >= 11 is 0. The number of ketones is 1. The lowest BCUT2D eigenvalue weighted by Gasteiger charge is -2.40. The molecule has 0 bridgehead atoms. The second-order valence-electron chi connectivity index (χ2n) is 19.5. The van der Waals surface area contributed by atoms with Crippen LogP contribution in [-0.4, -0.2) is 266 Å². The van der Waals surface area contributed by atoms with Gasteiger partial charge >= 0.3 is 11.9 Å². The van der Waals surface area contributed by atoms with E-state index >= 15 is 0 Å². The minimum absolute atomic E-state index is 0.0153. The Labute approximate surface area is 503 Å². The number of terminal acetylenes is 1. The van der Waals surface area contributed by atoms with Crippen LogP contribution in [0.1, 0.15) is 38.1 Å². The minimum atomic E-state index is -1.76. The molecule has 0 unspecified atom stereocenters. The molecule has 10 atom stereocenters. The number of aliphatic hydroxyl groups excluding tert-OH is 4. The van der Waals surface area contributed by atoms with Crippen molar-refractivity contribution in [3.05, 3.63) is 47.5 Å². The summed E-state index contributed by atoms with van der Waals surface area (Å²) in [5.74, 6) is -6.68. The second-order valence-corrected chi connectivity index (χ2v) is 19.5. The van der Waals surface area contributed by atoms with Gasteiger partial charge in [-0.15, -0.1) is 16.6 Å². The van der Waals surface area contributed by atoms with E-state index < -0.39 is 140 Å². The quantitative estimate of drug-likeness (QED) is 0.0127. The summed E-state index contributed by atoms with van der Waals surface area (Å²) in [5.41, 5.74) is 22.9. The molecule has 0 fully saturated rings. The van der Waals surface area contributed by atoms with Gasteiger partial charge in [-0.1, -0.05) is 16.3 Å². The van der Waals surface area contributed by atoms with Crippen LogP contribution in [0.2, 0.25) is 0 Å². The molecule has 0 spiro atoms. The Morgan fingerprint density at radius 1 is 0.705 bits per heavy atom. The molecule has 0 aromatic carbocycles. The molecule has 0 radical (unpaired) electrons. The molecule has 88 heavy (non-hydrogen) atoms. The van der Waals surface area contributed by atoms with Gasteiger partial charge in [0.1, 0.15) is 67.5 Å².